The first-order valence-electron chi connectivity index (χ1n) is 6.28. The fourth-order valence-corrected chi connectivity index (χ4v) is 2.20. The largest absolute Gasteiger partial charge is 0.310 e. The van der Waals surface area contributed by atoms with Crippen molar-refractivity contribution in [2.75, 3.05) is 0 Å². The summed E-state index contributed by atoms with van der Waals surface area (Å²) < 4.78 is 13.4. The van der Waals surface area contributed by atoms with Crippen LogP contribution in [0.5, 0.6) is 0 Å². The second kappa shape index (κ2) is 5.44. The Hall–Kier alpha value is -0.890. The van der Waals surface area contributed by atoms with Gasteiger partial charge in [0.15, 0.2) is 0 Å². The van der Waals surface area contributed by atoms with Gasteiger partial charge in [-0.15, -0.1) is 0 Å². The van der Waals surface area contributed by atoms with Crippen LogP contribution in [0.25, 0.3) is 0 Å². The molecular weight excluding hydrogens is 201 g/mol. The normalized spacial score (nSPS) is 17.4. The molecule has 0 radical (unpaired) electrons. The predicted octanol–water partition coefficient (Wildman–Crippen LogP) is 3.49. The average molecular weight is 221 g/mol. The summed E-state index contributed by atoms with van der Waals surface area (Å²) in [5.41, 5.74) is 0.782. The van der Waals surface area contributed by atoms with Gasteiger partial charge in [-0.05, 0) is 31.2 Å². The lowest BCUT2D eigenvalue weighted by molar-refractivity contribution is 0.425. The molecule has 1 nitrogen and oxygen atoms in total. The van der Waals surface area contributed by atoms with Crippen LogP contribution >= 0.6 is 0 Å². The van der Waals surface area contributed by atoms with Crippen molar-refractivity contribution in [2.24, 2.45) is 5.92 Å². The summed E-state index contributed by atoms with van der Waals surface area (Å²) in [6.07, 6.45) is 5.09. The highest BCUT2D eigenvalue weighted by Gasteiger charge is 2.29. The molecular formula is C14H20FN. The molecule has 0 spiro atoms. The van der Waals surface area contributed by atoms with Crippen LogP contribution in [0.1, 0.15) is 38.2 Å². The van der Waals surface area contributed by atoms with Gasteiger partial charge in [0, 0.05) is 18.2 Å². The van der Waals surface area contributed by atoms with Crippen molar-refractivity contribution in [3.63, 3.8) is 0 Å². The van der Waals surface area contributed by atoms with Crippen LogP contribution in [0.2, 0.25) is 0 Å². The summed E-state index contributed by atoms with van der Waals surface area (Å²) in [5, 5.41) is 3.50. The molecule has 0 saturated heterocycles. The molecule has 2 heteroatoms. The van der Waals surface area contributed by atoms with Gasteiger partial charge in [0.25, 0.3) is 0 Å². The molecule has 0 bridgehead atoms. The molecule has 1 unspecified atom stereocenters. The second-order valence-corrected chi connectivity index (χ2v) is 4.70. The maximum Gasteiger partial charge on any atom is 0.127 e. The molecule has 1 atom stereocenters. The molecule has 1 N–H and O–H groups in total. The zero-order chi connectivity index (χ0) is 11.4. The number of hydrogen-bond donors (Lipinski definition) is 1. The maximum atomic E-state index is 13.4. The molecule has 1 fully saturated rings. The Labute approximate surface area is 97.1 Å². The van der Waals surface area contributed by atoms with E-state index >= 15 is 0 Å². The van der Waals surface area contributed by atoms with E-state index in [1.54, 1.807) is 6.07 Å². The van der Waals surface area contributed by atoms with Gasteiger partial charge in [-0.3, -0.25) is 0 Å². The molecule has 1 saturated carbocycles. The van der Waals surface area contributed by atoms with Crippen molar-refractivity contribution in [1.82, 2.24) is 5.32 Å². The molecule has 0 aliphatic heterocycles. The Morgan fingerprint density at radius 1 is 1.38 bits per heavy atom. The van der Waals surface area contributed by atoms with Crippen molar-refractivity contribution in [1.29, 1.82) is 0 Å². The van der Waals surface area contributed by atoms with E-state index in [1.807, 2.05) is 12.1 Å². The Bertz CT molecular complexity index is 333. The van der Waals surface area contributed by atoms with Crippen LogP contribution in [-0.2, 0) is 6.54 Å². The van der Waals surface area contributed by atoms with Gasteiger partial charge >= 0.3 is 0 Å². The standard InChI is InChI=1S/C14H20FN/c1-2-5-14(11-8-9-11)16-10-12-6-3-4-7-13(12)15/h3-4,6-7,11,14,16H,2,5,8-10H2,1H3. The molecule has 0 amide bonds. The summed E-state index contributed by atoms with van der Waals surface area (Å²) in [7, 11) is 0. The minimum Gasteiger partial charge on any atom is -0.310 e. The molecule has 88 valence electrons. The van der Waals surface area contributed by atoms with E-state index in [1.165, 1.54) is 31.7 Å². The van der Waals surface area contributed by atoms with Crippen LogP contribution in [0.15, 0.2) is 24.3 Å². The number of hydrogen-bond acceptors (Lipinski definition) is 1. The van der Waals surface area contributed by atoms with E-state index in [4.69, 9.17) is 0 Å². The maximum absolute atomic E-state index is 13.4. The number of rotatable bonds is 6. The van der Waals surface area contributed by atoms with E-state index < -0.39 is 0 Å². The van der Waals surface area contributed by atoms with Gasteiger partial charge in [-0.25, -0.2) is 4.39 Å². The summed E-state index contributed by atoms with van der Waals surface area (Å²) in [6.45, 7) is 2.87. The molecule has 1 aliphatic rings. The zero-order valence-corrected chi connectivity index (χ0v) is 9.88. The summed E-state index contributed by atoms with van der Waals surface area (Å²) >= 11 is 0. The van der Waals surface area contributed by atoms with Crippen LogP contribution in [0, 0.1) is 11.7 Å². The van der Waals surface area contributed by atoms with Crippen molar-refractivity contribution < 1.29 is 4.39 Å². The first-order valence-corrected chi connectivity index (χ1v) is 6.28. The Morgan fingerprint density at radius 3 is 2.75 bits per heavy atom. The van der Waals surface area contributed by atoms with Gasteiger partial charge < -0.3 is 5.32 Å². The Kier molecular flexibility index (Phi) is 3.94. The minimum atomic E-state index is -0.0963. The SMILES string of the molecule is CCCC(NCc1ccccc1F)C1CC1. The molecule has 1 aromatic rings. The molecule has 0 heterocycles. The molecule has 0 aromatic heterocycles. The summed E-state index contributed by atoms with van der Waals surface area (Å²) in [5.74, 6) is 0.743. The third-order valence-electron chi connectivity index (χ3n) is 3.30. The zero-order valence-electron chi connectivity index (χ0n) is 9.88. The van der Waals surface area contributed by atoms with Gasteiger partial charge in [-0.2, -0.15) is 0 Å². The Balaban J connectivity index is 1.87. The van der Waals surface area contributed by atoms with Gasteiger partial charge in [0.05, 0.1) is 0 Å². The van der Waals surface area contributed by atoms with Crippen molar-refractivity contribution in [3.05, 3.63) is 35.6 Å². The number of benzene rings is 1. The van der Waals surface area contributed by atoms with E-state index in [9.17, 15) is 4.39 Å². The third-order valence-corrected chi connectivity index (χ3v) is 3.30. The monoisotopic (exact) mass is 221 g/mol. The smallest absolute Gasteiger partial charge is 0.127 e. The van der Waals surface area contributed by atoms with Crippen molar-refractivity contribution in [3.8, 4) is 0 Å². The number of halogens is 1. The lowest BCUT2D eigenvalue weighted by atomic mass is 10.1. The topological polar surface area (TPSA) is 12.0 Å². The molecule has 1 aromatic carbocycles. The fourth-order valence-electron chi connectivity index (χ4n) is 2.20. The molecule has 1 aliphatic carbocycles. The molecule has 2 rings (SSSR count). The van der Waals surface area contributed by atoms with Crippen LogP contribution < -0.4 is 5.32 Å². The van der Waals surface area contributed by atoms with Gasteiger partial charge in [0.1, 0.15) is 5.82 Å². The number of nitrogens with one attached hydrogen (secondary N) is 1. The quantitative estimate of drug-likeness (QED) is 0.775. The first kappa shape index (κ1) is 11.6. The van der Waals surface area contributed by atoms with Crippen LogP contribution in [-0.4, -0.2) is 6.04 Å². The highest BCUT2D eigenvalue weighted by molar-refractivity contribution is 5.17. The summed E-state index contributed by atoms with van der Waals surface area (Å²) in [4.78, 5) is 0. The molecule has 16 heavy (non-hydrogen) atoms. The minimum absolute atomic E-state index is 0.0963. The summed E-state index contributed by atoms with van der Waals surface area (Å²) in [6, 6.07) is 7.61. The van der Waals surface area contributed by atoms with Crippen molar-refractivity contribution >= 4 is 0 Å². The van der Waals surface area contributed by atoms with Gasteiger partial charge in [-0.1, -0.05) is 31.5 Å². The average Bonchev–Trinajstić information content (AvgIpc) is 3.10. The Morgan fingerprint density at radius 2 is 2.12 bits per heavy atom. The predicted molar refractivity (Wildman–Crippen MR) is 64.7 cm³/mol. The fraction of sp³-hybridized carbons (Fsp3) is 0.571. The first-order chi connectivity index (χ1) is 7.81. The van der Waals surface area contributed by atoms with Crippen LogP contribution in [0.4, 0.5) is 4.39 Å². The second-order valence-electron chi connectivity index (χ2n) is 4.70. The van der Waals surface area contributed by atoms with E-state index in [0.717, 1.165) is 11.5 Å². The van der Waals surface area contributed by atoms with E-state index in [0.29, 0.717) is 12.6 Å². The lowest BCUT2D eigenvalue weighted by Crippen LogP contribution is -2.30. The third kappa shape index (κ3) is 3.05. The highest BCUT2D eigenvalue weighted by atomic mass is 19.1. The van der Waals surface area contributed by atoms with E-state index in [-0.39, 0.29) is 5.82 Å². The van der Waals surface area contributed by atoms with Gasteiger partial charge in [0.2, 0.25) is 0 Å². The van der Waals surface area contributed by atoms with Crippen LogP contribution in [0.3, 0.4) is 0 Å². The van der Waals surface area contributed by atoms with Crippen molar-refractivity contribution in [2.45, 2.75) is 45.2 Å². The highest BCUT2D eigenvalue weighted by Crippen LogP contribution is 2.34. The lowest BCUT2D eigenvalue weighted by Gasteiger charge is -2.17. The van der Waals surface area contributed by atoms with E-state index in [2.05, 4.69) is 12.2 Å².